The lowest BCUT2D eigenvalue weighted by Crippen LogP contribution is -2.37. The topological polar surface area (TPSA) is 98.1 Å². The summed E-state index contributed by atoms with van der Waals surface area (Å²) < 4.78 is 32.5. The molecule has 0 atom stereocenters. The van der Waals surface area contributed by atoms with Gasteiger partial charge in [0.1, 0.15) is 5.75 Å². The SMILES string of the molecule is O=C(COc1ccc(F)c(F)c1)NCc1nnc2n1CCNC2=O. The molecular weight excluding hydrogens is 324 g/mol. The Morgan fingerprint density at radius 2 is 2.17 bits per heavy atom. The van der Waals surface area contributed by atoms with Crippen LogP contribution in [0.5, 0.6) is 5.75 Å². The van der Waals surface area contributed by atoms with Crippen LogP contribution in [-0.2, 0) is 17.9 Å². The van der Waals surface area contributed by atoms with E-state index in [1.54, 1.807) is 4.57 Å². The van der Waals surface area contributed by atoms with Crippen molar-refractivity contribution in [2.24, 2.45) is 0 Å². The van der Waals surface area contributed by atoms with Gasteiger partial charge < -0.3 is 19.9 Å². The number of rotatable bonds is 5. The second-order valence-electron chi connectivity index (χ2n) is 4.99. The van der Waals surface area contributed by atoms with Gasteiger partial charge in [-0.3, -0.25) is 9.59 Å². The van der Waals surface area contributed by atoms with Crippen LogP contribution in [0.15, 0.2) is 18.2 Å². The van der Waals surface area contributed by atoms with Crippen molar-refractivity contribution in [3.8, 4) is 5.75 Å². The molecule has 3 rings (SSSR count). The van der Waals surface area contributed by atoms with Crippen molar-refractivity contribution in [1.82, 2.24) is 25.4 Å². The van der Waals surface area contributed by atoms with Gasteiger partial charge in [0.25, 0.3) is 11.8 Å². The summed E-state index contributed by atoms with van der Waals surface area (Å²) in [5.74, 6) is -2.15. The van der Waals surface area contributed by atoms with Gasteiger partial charge in [-0.05, 0) is 12.1 Å². The Morgan fingerprint density at radius 3 is 2.96 bits per heavy atom. The number of amides is 2. The predicted molar refractivity (Wildman–Crippen MR) is 76.1 cm³/mol. The largest absolute Gasteiger partial charge is 0.484 e. The Balaban J connectivity index is 1.53. The maximum atomic E-state index is 13.0. The maximum Gasteiger partial charge on any atom is 0.289 e. The van der Waals surface area contributed by atoms with E-state index in [2.05, 4.69) is 20.8 Å². The van der Waals surface area contributed by atoms with E-state index in [-0.39, 0.29) is 30.6 Å². The molecule has 2 heterocycles. The molecule has 1 aliphatic rings. The highest BCUT2D eigenvalue weighted by Crippen LogP contribution is 2.15. The highest BCUT2D eigenvalue weighted by molar-refractivity contribution is 5.91. The summed E-state index contributed by atoms with van der Waals surface area (Å²) >= 11 is 0. The molecule has 1 aromatic carbocycles. The number of nitrogens with zero attached hydrogens (tertiary/aromatic N) is 3. The third-order valence-corrected chi connectivity index (χ3v) is 3.36. The second-order valence-corrected chi connectivity index (χ2v) is 4.99. The molecule has 0 bridgehead atoms. The van der Waals surface area contributed by atoms with Gasteiger partial charge in [0.15, 0.2) is 24.1 Å². The summed E-state index contributed by atoms with van der Waals surface area (Å²) in [4.78, 5) is 23.3. The van der Waals surface area contributed by atoms with Crippen LogP contribution in [-0.4, -0.2) is 39.7 Å². The molecule has 24 heavy (non-hydrogen) atoms. The van der Waals surface area contributed by atoms with Crippen LogP contribution in [0.4, 0.5) is 8.78 Å². The Kier molecular flexibility index (Phi) is 4.36. The Labute approximate surface area is 134 Å². The average Bonchev–Trinajstić information content (AvgIpc) is 2.98. The smallest absolute Gasteiger partial charge is 0.289 e. The first-order valence-electron chi connectivity index (χ1n) is 7.09. The number of carbonyl (C=O) groups excluding carboxylic acids is 2. The summed E-state index contributed by atoms with van der Waals surface area (Å²) in [7, 11) is 0. The van der Waals surface area contributed by atoms with Crippen molar-refractivity contribution in [2.75, 3.05) is 13.2 Å². The summed E-state index contributed by atoms with van der Waals surface area (Å²) in [6.07, 6.45) is 0. The minimum atomic E-state index is -1.05. The van der Waals surface area contributed by atoms with Crippen molar-refractivity contribution in [1.29, 1.82) is 0 Å². The average molecular weight is 337 g/mol. The summed E-state index contributed by atoms with van der Waals surface area (Å²) in [6.45, 7) is 0.682. The predicted octanol–water partition coefficient (Wildman–Crippen LogP) is -0.00510. The lowest BCUT2D eigenvalue weighted by atomic mass is 10.3. The van der Waals surface area contributed by atoms with Crippen LogP contribution < -0.4 is 15.4 Å². The number of fused-ring (bicyclic) bond motifs is 1. The zero-order valence-corrected chi connectivity index (χ0v) is 12.4. The fourth-order valence-electron chi connectivity index (χ4n) is 2.17. The van der Waals surface area contributed by atoms with Gasteiger partial charge in [-0.15, -0.1) is 10.2 Å². The first kappa shape index (κ1) is 15.8. The number of hydrogen-bond acceptors (Lipinski definition) is 5. The van der Waals surface area contributed by atoms with E-state index in [0.717, 1.165) is 12.1 Å². The molecule has 2 N–H and O–H groups in total. The molecule has 0 radical (unpaired) electrons. The fraction of sp³-hybridized carbons (Fsp3) is 0.286. The zero-order valence-electron chi connectivity index (χ0n) is 12.4. The molecule has 0 unspecified atom stereocenters. The summed E-state index contributed by atoms with van der Waals surface area (Å²) in [5.41, 5.74) is 0. The lowest BCUT2D eigenvalue weighted by molar-refractivity contribution is -0.123. The first-order valence-corrected chi connectivity index (χ1v) is 7.09. The lowest BCUT2D eigenvalue weighted by Gasteiger charge is -2.15. The van der Waals surface area contributed by atoms with E-state index in [1.165, 1.54) is 6.07 Å². The number of ether oxygens (including phenoxy) is 1. The van der Waals surface area contributed by atoms with Crippen LogP contribution >= 0.6 is 0 Å². The Bertz CT molecular complexity index is 793. The molecule has 0 spiro atoms. The van der Waals surface area contributed by atoms with Crippen molar-refractivity contribution >= 4 is 11.8 Å². The van der Waals surface area contributed by atoms with E-state index in [9.17, 15) is 18.4 Å². The number of carbonyl (C=O) groups is 2. The second kappa shape index (κ2) is 6.60. The fourth-order valence-corrected chi connectivity index (χ4v) is 2.17. The van der Waals surface area contributed by atoms with Gasteiger partial charge in [0, 0.05) is 19.2 Å². The van der Waals surface area contributed by atoms with Crippen LogP contribution in [0.25, 0.3) is 0 Å². The molecule has 2 amide bonds. The minimum absolute atomic E-state index is 0.0422. The minimum Gasteiger partial charge on any atom is -0.484 e. The Hall–Kier alpha value is -3.04. The van der Waals surface area contributed by atoms with E-state index in [0.29, 0.717) is 18.9 Å². The quantitative estimate of drug-likeness (QED) is 0.800. The van der Waals surface area contributed by atoms with E-state index in [4.69, 9.17) is 4.74 Å². The van der Waals surface area contributed by atoms with Crippen molar-refractivity contribution in [3.05, 3.63) is 41.5 Å². The number of halogens is 2. The van der Waals surface area contributed by atoms with E-state index >= 15 is 0 Å². The molecule has 0 aliphatic carbocycles. The molecule has 8 nitrogen and oxygen atoms in total. The normalized spacial score (nSPS) is 13.2. The van der Waals surface area contributed by atoms with Gasteiger partial charge in [-0.1, -0.05) is 0 Å². The highest BCUT2D eigenvalue weighted by atomic mass is 19.2. The Morgan fingerprint density at radius 1 is 1.33 bits per heavy atom. The van der Waals surface area contributed by atoms with Crippen LogP contribution in [0.1, 0.15) is 16.4 Å². The molecule has 0 fully saturated rings. The van der Waals surface area contributed by atoms with Gasteiger partial charge in [0.2, 0.25) is 5.82 Å². The van der Waals surface area contributed by atoms with Crippen molar-refractivity contribution in [2.45, 2.75) is 13.1 Å². The van der Waals surface area contributed by atoms with Crippen molar-refractivity contribution in [3.63, 3.8) is 0 Å². The van der Waals surface area contributed by atoms with Crippen LogP contribution in [0.2, 0.25) is 0 Å². The van der Waals surface area contributed by atoms with Gasteiger partial charge in [0.05, 0.1) is 6.54 Å². The number of benzene rings is 1. The molecule has 126 valence electrons. The van der Waals surface area contributed by atoms with Crippen molar-refractivity contribution < 1.29 is 23.1 Å². The maximum absolute atomic E-state index is 13.0. The molecule has 10 heteroatoms. The zero-order chi connectivity index (χ0) is 17.1. The molecule has 1 aromatic heterocycles. The van der Waals surface area contributed by atoms with Crippen LogP contribution in [0, 0.1) is 11.6 Å². The highest BCUT2D eigenvalue weighted by Gasteiger charge is 2.22. The number of nitrogens with one attached hydrogen (secondary N) is 2. The van der Waals surface area contributed by atoms with E-state index in [1.807, 2.05) is 0 Å². The molecule has 0 saturated heterocycles. The first-order chi connectivity index (χ1) is 11.5. The monoisotopic (exact) mass is 337 g/mol. The number of hydrogen-bond donors (Lipinski definition) is 2. The van der Waals surface area contributed by atoms with Gasteiger partial charge >= 0.3 is 0 Å². The summed E-state index contributed by atoms with van der Waals surface area (Å²) in [5, 5.41) is 12.8. The van der Waals surface area contributed by atoms with Gasteiger partial charge in [-0.2, -0.15) is 0 Å². The number of aromatic nitrogens is 3. The molecule has 1 aliphatic heterocycles. The molecule has 0 saturated carbocycles. The standard InChI is InChI=1S/C14H13F2N5O3/c15-9-2-1-8(5-10(9)16)24-7-12(22)18-6-11-19-20-13-14(23)17-3-4-21(11)13/h1-2,5H,3-4,6-7H2,(H,17,23)(H,18,22). The third-order valence-electron chi connectivity index (χ3n) is 3.36. The summed E-state index contributed by atoms with van der Waals surface area (Å²) in [6, 6.07) is 2.99. The third kappa shape index (κ3) is 3.31. The van der Waals surface area contributed by atoms with Crippen LogP contribution in [0.3, 0.4) is 0 Å². The molecular formula is C14H13F2N5O3. The molecule has 2 aromatic rings. The van der Waals surface area contributed by atoms with Gasteiger partial charge in [-0.25, -0.2) is 8.78 Å². The van der Waals surface area contributed by atoms with E-state index < -0.39 is 17.5 Å².